The second-order valence-electron chi connectivity index (χ2n) is 4.03. The Kier molecular flexibility index (Phi) is 4.08. The first-order valence-electron chi connectivity index (χ1n) is 5.04. The standard InChI is InChI=1S/C10H18N4S/c1-7(2)5-11-10(15)12-9-6-14(4)13-8(9)3/h6-7H,5H2,1-4H3,(H2,11,12,15). The molecule has 0 aliphatic rings. The van der Waals surface area contributed by atoms with Gasteiger partial charge in [0.15, 0.2) is 5.11 Å². The minimum atomic E-state index is 0.583. The molecule has 0 atom stereocenters. The lowest BCUT2D eigenvalue weighted by atomic mass is 10.2. The van der Waals surface area contributed by atoms with Gasteiger partial charge in [-0.3, -0.25) is 4.68 Å². The first kappa shape index (κ1) is 12.0. The highest BCUT2D eigenvalue weighted by molar-refractivity contribution is 7.80. The summed E-state index contributed by atoms with van der Waals surface area (Å²) in [7, 11) is 1.89. The summed E-state index contributed by atoms with van der Waals surface area (Å²) in [5.41, 5.74) is 1.91. The largest absolute Gasteiger partial charge is 0.362 e. The molecule has 0 fully saturated rings. The number of thiocarbonyl (C=S) groups is 1. The molecule has 15 heavy (non-hydrogen) atoms. The van der Waals surface area contributed by atoms with Crippen molar-refractivity contribution in [2.75, 3.05) is 11.9 Å². The molecule has 4 nitrogen and oxygen atoms in total. The van der Waals surface area contributed by atoms with Crippen LogP contribution in [0.3, 0.4) is 0 Å². The van der Waals surface area contributed by atoms with E-state index in [0.29, 0.717) is 11.0 Å². The average Bonchev–Trinajstić information content (AvgIpc) is 2.42. The Morgan fingerprint density at radius 1 is 1.60 bits per heavy atom. The summed E-state index contributed by atoms with van der Waals surface area (Å²) in [6, 6.07) is 0. The molecular formula is C10H18N4S. The van der Waals surface area contributed by atoms with Crippen LogP contribution in [-0.4, -0.2) is 21.4 Å². The lowest BCUT2D eigenvalue weighted by Crippen LogP contribution is -2.31. The maximum Gasteiger partial charge on any atom is 0.170 e. The summed E-state index contributed by atoms with van der Waals surface area (Å²) in [6.07, 6.45) is 1.92. The van der Waals surface area contributed by atoms with Gasteiger partial charge < -0.3 is 10.6 Å². The van der Waals surface area contributed by atoms with Gasteiger partial charge >= 0.3 is 0 Å². The summed E-state index contributed by atoms with van der Waals surface area (Å²) < 4.78 is 1.77. The van der Waals surface area contributed by atoms with E-state index < -0.39 is 0 Å². The van der Waals surface area contributed by atoms with Gasteiger partial charge in [0, 0.05) is 19.8 Å². The third-order valence-corrected chi connectivity index (χ3v) is 2.18. The highest BCUT2D eigenvalue weighted by Gasteiger charge is 2.04. The van der Waals surface area contributed by atoms with Crippen LogP contribution in [-0.2, 0) is 7.05 Å². The quantitative estimate of drug-likeness (QED) is 0.769. The molecular weight excluding hydrogens is 208 g/mol. The van der Waals surface area contributed by atoms with E-state index in [9.17, 15) is 0 Å². The maximum atomic E-state index is 5.16. The fourth-order valence-corrected chi connectivity index (χ4v) is 1.38. The number of rotatable bonds is 3. The number of hydrogen-bond acceptors (Lipinski definition) is 2. The van der Waals surface area contributed by atoms with Crippen LogP contribution in [0.2, 0.25) is 0 Å². The summed E-state index contributed by atoms with van der Waals surface area (Å²) >= 11 is 5.16. The van der Waals surface area contributed by atoms with Crippen molar-refractivity contribution in [1.29, 1.82) is 0 Å². The van der Waals surface area contributed by atoms with Crippen LogP contribution in [0, 0.1) is 12.8 Å². The fraction of sp³-hybridized carbons (Fsp3) is 0.600. The molecule has 0 saturated heterocycles. The van der Waals surface area contributed by atoms with E-state index in [2.05, 4.69) is 29.6 Å². The van der Waals surface area contributed by atoms with Crippen molar-refractivity contribution in [3.05, 3.63) is 11.9 Å². The van der Waals surface area contributed by atoms with Crippen LogP contribution >= 0.6 is 12.2 Å². The number of nitrogens with one attached hydrogen (secondary N) is 2. The molecule has 1 rings (SSSR count). The molecule has 2 N–H and O–H groups in total. The van der Waals surface area contributed by atoms with Crippen molar-refractivity contribution >= 4 is 23.0 Å². The van der Waals surface area contributed by atoms with Gasteiger partial charge in [0.1, 0.15) is 0 Å². The van der Waals surface area contributed by atoms with Gasteiger partial charge in [0.25, 0.3) is 0 Å². The van der Waals surface area contributed by atoms with Gasteiger partial charge in [-0.25, -0.2) is 0 Å². The SMILES string of the molecule is Cc1nn(C)cc1NC(=S)NCC(C)C. The van der Waals surface area contributed by atoms with Gasteiger partial charge in [-0.05, 0) is 25.1 Å². The van der Waals surface area contributed by atoms with Crippen LogP contribution < -0.4 is 10.6 Å². The highest BCUT2D eigenvalue weighted by Crippen LogP contribution is 2.10. The summed E-state index contributed by atoms with van der Waals surface area (Å²) in [5, 5.41) is 11.2. The first-order valence-corrected chi connectivity index (χ1v) is 5.45. The molecule has 0 bridgehead atoms. The zero-order chi connectivity index (χ0) is 11.4. The van der Waals surface area contributed by atoms with Crippen LogP contribution in [0.25, 0.3) is 0 Å². The number of aromatic nitrogens is 2. The van der Waals surface area contributed by atoms with Crippen LogP contribution in [0.1, 0.15) is 19.5 Å². The number of hydrogen-bond donors (Lipinski definition) is 2. The lowest BCUT2D eigenvalue weighted by molar-refractivity contribution is 0.627. The summed E-state index contributed by atoms with van der Waals surface area (Å²) in [5.74, 6) is 0.583. The molecule has 0 aromatic carbocycles. The summed E-state index contributed by atoms with van der Waals surface area (Å²) in [6.45, 7) is 7.12. The Labute approximate surface area is 96.1 Å². The average molecular weight is 226 g/mol. The van der Waals surface area contributed by atoms with E-state index in [1.807, 2.05) is 20.2 Å². The van der Waals surface area contributed by atoms with Gasteiger partial charge in [0.05, 0.1) is 11.4 Å². The molecule has 0 radical (unpaired) electrons. The monoisotopic (exact) mass is 226 g/mol. The molecule has 0 saturated carbocycles. The van der Waals surface area contributed by atoms with Crippen LogP contribution in [0.5, 0.6) is 0 Å². The van der Waals surface area contributed by atoms with E-state index in [1.54, 1.807) is 4.68 Å². The smallest absolute Gasteiger partial charge is 0.170 e. The van der Waals surface area contributed by atoms with Crippen molar-refractivity contribution in [2.45, 2.75) is 20.8 Å². The van der Waals surface area contributed by atoms with E-state index in [1.165, 1.54) is 0 Å². The van der Waals surface area contributed by atoms with E-state index in [4.69, 9.17) is 12.2 Å². The van der Waals surface area contributed by atoms with Crippen LogP contribution in [0.15, 0.2) is 6.20 Å². The Bertz CT molecular complexity index is 343. The van der Waals surface area contributed by atoms with Crippen LogP contribution in [0.4, 0.5) is 5.69 Å². The molecule has 0 aliphatic carbocycles. The molecule has 0 amide bonds. The number of anilines is 1. The minimum Gasteiger partial charge on any atom is -0.362 e. The molecule has 84 valence electrons. The van der Waals surface area contributed by atoms with E-state index >= 15 is 0 Å². The summed E-state index contributed by atoms with van der Waals surface area (Å²) in [4.78, 5) is 0. The molecule has 5 heteroatoms. The van der Waals surface area contributed by atoms with Crippen molar-refractivity contribution in [2.24, 2.45) is 13.0 Å². The topological polar surface area (TPSA) is 41.9 Å². The van der Waals surface area contributed by atoms with E-state index in [0.717, 1.165) is 17.9 Å². The number of aryl methyl sites for hydroxylation is 2. The molecule has 1 aromatic rings. The first-order chi connectivity index (χ1) is 6.99. The van der Waals surface area contributed by atoms with E-state index in [-0.39, 0.29) is 0 Å². The van der Waals surface area contributed by atoms with Crippen molar-refractivity contribution in [1.82, 2.24) is 15.1 Å². The van der Waals surface area contributed by atoms with Crippen molar-refractivity contribution in [3.63, 3.8) is 0 Å². The third-order valence-electron chi connectivity index (χ3n) is 1.93. The highest BCUT2D eigenvalue weighted by atomic mass is 32.1. The lowest BCUT2D eigenvalue weighted by Gasteiger charge is -2.11. The van der Waals surface area contributed by atoms with Crippen molar-refractivity contribution < 1.29 is 0 Å². The minimum absolute atomic E-state index is 0.583. The Hall–Kier alpha value is -1.10. The molecule has 0 unspecified atom stereocenters. The Morgan fingerprint density at radius 2 is 2.27 bits per heavy atom. The predicted molar refractivity (Wildman–Crippen MR) is 67.0 cm³/mol. The molecule has 1 heterocycles. The van der Waals surface area contributed by atoms with Gasteiger partial charge in [-0.15, -0.1) is 0 Å². The molecule has 0 aliphatic heterocycles. The second-order valence-corrected chi connectivity index (χ2v) is 4.44. The Balaban J connectivity index is 2.48. The van der Waals surface area contributed by atoms with Gasteiger partial charge in [-0.1, -0.05) is 13.8 Å². The molecule has 1 aromatic heterocycles. The van der Waals surface area contributed by atoms with Gasteiger partial charge in [-0.2, -0.15) is 5.10 Å². The second kappa shape index (κ2) is 5.11. The zero-order valence-electron chi connectivity index (χ0n) is 9.66. The van der Waals surface area contributed by atoms with Crippen molar-refractivity contribution in [3.8, 4) is 0 Å². The third kappa shape index (κ3) is 3.87. The molecule has 0 spiro atoms. The Morgan fingerprint density at radius 3 is 2.73 bits per heavy atom. The zero-order valence-corrected chi connectivity index (χ0v) is 10.5. The maximum absolute atomic E-state index is 5.16. The predicted octanol–water partition coefficient (Wildman–Crippen LogP) is 1.67. The number of nitrogens with zero attached hydrogens (tertiary/aromatic N) is 2. The normalized spacial score (nSPS) is 10.5. The van der Waals surface area contributed by atoms with Gasteiger partial charge in [0.2, 0.25) is 0 Å². The fourth-order valence-electron chi connectivity index (χ4n) is 1.19.